The largest absolute Gasteiger partial charge is 0.451 e. The van der Waals surface area contributed by atoms with Gasteiger partial charge in [0.2, 0.25) is 17.6 Å². The average molecular weight is 596 g/mol. The van der Waals surface area contributed by atoms with Crippen LogP contribution in [0.3, 0.4) is 0 Å². The van der Waals surface area contributed by atoms with Crippen LogP contribution in [-0.2, 0) is 21.8 Å². The third kappa shape index (κ3) is 4.23. The Balaban J connectivity index is 1.06. The molecule has 7 nitrogen and oxygen atoms in total. The Morgan fingerprint density at radius 2 is 1.60 bits per heavy atom. The summed E-state index contributed by atoms with van der Waals surface area (Å²) in [6.45, 7) is 2.68. The highest BCUT2D eigenvalue weighted by atomic mass is 19.4. The summed E-state index contributed by atoms with van der Waals surface area (Å²) in [4.78, 5) is 27.9. The molecule has 0 atom stereocenters. The number of hydrogen-bond acceptors (Lipinski definition) is 6. The number of benzene rings is 1. The topological polar surface area (TPSA) is 85.0 Å². The van der Waals surface area contributed by atoms with Crippen LogP contribution >= 0.6 is 0 Å². The van der Waals surface area contributed by atoms with Crippen molar-refractivity contribution in [1.82, 2.24) is 20.1 Å². The maximum Gasteiger partial charge on any atom is 0.451 e. The molecule has 7 aliphatic rings. The Kier molecular flexibility index (Phi) is 5.46. The molecule has 4 bridgehead atoms. The number of aromatic nitrogens is 4. The van der Waals surface area contributed by atoms with Crippen LogP contribution in [0.25, 0.3) is 11.1 Å². The van der Waals surface area contributed by atoms with Gasteiger partial charge in [-0.25, -0.2) is 14.4 Å². The van der Waals surface area contributed by atoms with Gasteiger partial charge in [0, 0.05) is 41.0 Å². The van der Waals surface area contributed by atoms with E-state index in [2.05, 4.69) is 22.0 Å². The van der Waals surface area contributed by atoms with E-state index in [0.29, 0.717) is 23.4 Å². The summed E-state index contributed by atoms with van der Waals surface area (Å²) in [5.41, 5.74) is -0.329. The van der Waals surface area contributed by atoms with Crippen LogP contribution in [0.1, 0.15) is 95.1 Å². The molecule has 3 aromatic rings. The van der Waals surface area contributed by atoms with Crippen molar-refractivity contribution < 1.29 is 26.9 Å². The Bertz CT molecular complexity index is 1570. The quantitative estimate of drug-likeness (QED) is 0.271. The monoisotopic (exact) mass is 595 g/mol. The maximum atomic E-state index is 14.5. The summed E-state index contributed by atoms with van der Waals surface area (Å²) in [6, 6.07) is 7.23. The van der Waals surface area contributed by atoms with Gasteiger partial charge in [-0.1, -0.05) is 24.2 Å². The number of halogens is 4. The zero-order valence-electron chi connectivity index (χ0n) is 24.0. The van der Waals surface area contributed by atoms with Gasteiger partial charge in [0.25, 0.3) is 0 Å². The molecule has 226 valence electrons. The van der Waals surface area contributed by atoms with E-state index in [1.54, 1.807) is 12.1 Å². The smallest absolute Gasteiger partial charge is 0.339 e. The van der Waals surface area contributed by atoms with Crippen molar-refractivity contribution in [3.8, 4) is 11.1 Å². The third-order valence-electron chi connectivity index (χ3n) is 11.4. The molecule has 11 heteroatoms. The lowest BCUT2D eigenvalue weighted by atomic mass is 9.41. The van der Waals surface area contributed by atoms with Gasteiger partial charge in [-0.05, 0) is 93.7 Å². The summed E-state index contributed by atoms with van der Waals surface area (Å²) in [6.07, 6.45) is 6.15. The molecule has 7 saturated carbocycles. The molecule has 1 aromatic carbocycles. The maximum absolute atomic E-state index is 14.5. The number of fused-ring (bicyclic) bond motifs is 3. The Morgan fingerprint density at radius 1 is 0.953 bits per heavy atom. The van der Waals surface area contributed by atoms with Crippen molar-refractivity contribution in [2.24, 2.45) is 10.8 Å². The molecule has 7 fully saturated rings. The number of nitrogens with zero attached hydrogens (tertiary/aromatic N) is 5. The van der Waals surface area contributed by atoms with Gasteiger partial charge in [0.1, 0.15) is 5.67 Å². The van der Waals surface area contributed by atoms with Gasteiger partial charge in [0.15, 0.2) is 5.82 Å². The molecule has 0 radical (unpaired) electrons. The second-order valence-corrected chi connectivity index (χ2v) is 14.5. The van der Waals surface area contributed by atoms with E-state index < -0.39 is 23.1 Å². The highest BCUT2D eigenvalue weighted by Crippen LogP contribution is 2.70. The third-order valence-corrected chi connectivity index (χ3v) is 11.4. The van der Waals surface area contributed by atoms with Crippen molar-refractivity contribution in [2.75, 3.05) is 11.4 Å². The highest BCUT2D eigenvalue weighted by molar-refractivity contribution is 6.00. The summed E-state index contributed by atoms with van der Waals surface area (Å²) in [5, 5.41) is 4.43. The first-order valence-electron chi connectivity index (χ1n) is 15.2. The minimum atomic E-state index is -4.63. The van der Waals surface area contributed by atoms with E-state index in [9.17, 15) is 22.4 Å². The summed E-state index contributed by atoms with van der Waals surface area (Å²) in [5.74, 6) is 0.325. The lowest BCUT2D eigenvalue weighted by molar-refractivity contribution is -0.211. The summed E-state index contributed by atoms with van der Waals surface area (Å²) >= 11 is 0. The lowest BCUT2D eigenvalue weighted by Gasteiger charge is -2.65. The molecule has 0 N–H and O–H groups in total. The van der Waals surface area contributed by atoms with E-state index in [-0.39, 0.29) is 41.4 Å². The minimum absolute atomic E-state index is 0.0243. The number of anilines is 1. The number of hydrogen-bond donors (Lipinski definition) is 0. The standard InChI is InChI=1S/C32H33F4N5O2/c1-27(5-6-27)25-39-23(40-43-25)29-10-7-28(8-11-29,9-12-29)19-41(26(42)30-16-31(33,17-30)18-30)22-4-2-3-20(13-22)21-14-37-24(38-15-21)32(34,35)36/h2-4,13-15H,5-12,16-19H2,1H3. The molecule has 0 unspecified atom stereocenters. The van der Waals surface area contributed by atoms with Crippen LogP contribution in [0.2, 0.25) is 0 Å². The first-order chi connectivity index (χ1) is 20.3. The van der Waals surface area contributed by atoms with Crippen molar-refractivity contribution in [2.45, 2.75) is 100 Å². The fourth-order valence-electron chi connectivity index (χ4n) is 8.19. The van der Waals surface area contributed by atoms with Gasteiger partial charge in [-0.2, -0.15) is 18.2 Å². The fourth-order valence-corrected chi connectivity index (χ4v) is 8.19. The first kappa shape index (κ1) is 27.2. The molecular weight excluding hydrogens is 562 g/mol. The lowest BCUT2D eigenvalue weighted by Crippen LogP contribution is -2.71. The number of rotatable bonds is 7. The molecule has 0 aliphatic heterocycles. The normalized spacial score (nSPS) is 33.4. The van der Waals surface area contributed by atoms with Crippen LogP contribution < -0.4 is 4.90 Å². The average Bonchev–Trinajstić information content (AvgIpc) is 3.51. The van der Waals surface area contributed by atoms with E-state index in [4.69, 9.17) is 9.51 Å². The number of alkyl halides is 4. The summed E-state index contributed by atoms with van der Waals surface area (Å²) in [7, 11) is 0. The summed E-state index contributed by atoms with van der Waals surface area (Å²) < 4.78 is 59.3. The molecule has 7 aliphatic carbocycles. The van der Waals surface area contributed by atoms with Crippen LogP contribution in [0.15, 0.2) is 41.2 Å². The van der Waals surface area contributed by atoms with Crippen LogP contribution in [0.4, 0.5) is 23.2 Å². The van der Waals surface area contributed by atoms with E-state index >= 15 is 0 Å². The van der Waals surface area contributed by atoms with Gasteiger partial charge < -0.3 is 9.42 Å². The molecule has 1 amide bonds. The number of carbonyl (C=O) groups excluding carboxylic acids is 1. The van der Waals surface area contributed by atoms with Gasteiger partial charge in [-0.3, -0.25) is 4.79 Å². The van der Waals surface area contributed by atoms with Crippen LogP contribution in [0, 0.1) is 10.8 Å². The Hall–Kier alpha value is -3.37. The molecule has 2 aromatic heterocycles. The molecule has 10 rings (SSSR count). The van der Waals surface area contributed by atoms with E-state index in [1.165, 1.54) is 0 Å². The Morgan fingerprint density at radius 3 is 2.19 bits per heavy atom. The fraction of sp³-hybridized carbons (Fsp3) is 0.594. The number of amides is 1. The van der Waals surface area contributed by atoms with Crippen molar-refractivity contribution >= 4 is 11.6 Å². The second-order valence-electron chi connectivity index (χ2n) is 14.5. The Labute approximate surface area is 246 Å². The van der Waals surface area contributed by atoms with E-state index in [0.717, 1.165) is 75.5 Å². The number of carbonyl (C=O) groups is 1. The van der Waals surface area contributed by atoms with Gasteiger partial charge in [-0.15, -0.1) is 0 Å². The molecule has 2 heterocycles. The first-order valence-corrected chi connectivity index (χ1v) is 15.2. The van der Waals surface area contributed by atoms with Crippen LogP contribution in [0.5, 0.6) is 0 Å². The van der Waals surface area contributed by atoms with Crippen molar-refractivity contribution in [3.05, 3.63) is 54.2 Å². The zero-order valence-corrected chi connectivity index (χ0v) is 24.0. The van der Waals surface area contributed by atoms with Crippen LogP contribution in [-0.4, -0.2) is 38.2 Å². The van der Waals surface area contributed by atoms with Crippen molar-refractivity contribution in [1.29, 1.82) is 0 Å². The van der Waals surface area contributed by atoms with E-state index in [1.807, 2.05) is 17.0 Å². The molecule has 0 saturated heterocycles. The van der Waals surface area contributed by atoms with Gasteiger partial charge >= 0.3 is 6.18 Å². The zero-order chi connectivity index (χ0) is 29.9. The predicted octanol–water partition coefficient (Wildman–Crippen LogP) is 7.11. The minimum Gasteiger partial charge on any atom is -0.339 e. The second kappa shape index (κ2) is 8.63. The van der Waals surface area contributed by atoms with Crippen molar-refractivity contribution in [3.63, 3.8) is 0 Å². The predicted molar refractivity (Wildman–Crippen MR) is 148 cm³/mol. The highest BCUT2D eigenvalue weighted by Gasteiger charge is 2.73. The van der Waals surface area contributed by atoms with Gasteiger partial charge in [0.05, 0.1) is 5.41 Å². The molecule has 0 spiro atoms. The molecule has 43 heavy (non-hydrogen) atoms. The molecular formula is C32H33F4N5O2. The SMILES string of the molecule is CC1(c2nc(C34CCC(CN(C(=O)C56CC(F)(C5)C6)c5cccc(-c6cnc(C(F)(F)F)nc6)c5)(CC3)CC4)no2)CC1.